The molecule has 1 saturated heterocycles. The van der Waals surface area contributed by atoms with Crippen LogP contribution in [-0.2, 0) is 4.79 Å². The van der Waals surface area contributed by atoms with Gasteiger partial charge in [-0.2, -0.15) is 0 Å². The number of anilines is 1. The third-order valence-electron chi connectivity index (χ3n) is 7.44. The first-order valence-electron chi connectivity index (χ1n) is 13.4. The van der Waals surface area contributed by atoms with Crippen LogP contribution in [0.2, 0.25) is 0 Å². The van der Waals surface area contributed by atoms with Gasteiger partial charge in [0.1, 0.15) is 18.0 Å². The quantitative estimate of drug-likeness (QED) is 0.439. The normalized spacial score (nSPS) is 15.5. The topological polar surface area (TPSA) is 88.1 Å². The van der Waals surface area contributed by atoms with Crippen LogP contribution in [0.15, 0.2) is 54.6 Å². The predicted octanol–water partition coefficient (Wildman–Crippen LogP) is 3.81. The van der Waals surface area contributed by atoms with Crippen molar-refractivity contribution in [1.29, 1.82) is 0 Å². The Hall–Kier alpha value is -4.14. The lowest BCUT2D eigenvalue weighted by molar-refractivity contribution is -0.131. The first kappa shape index (κ1) is 26.5. The van der Waals surface area contributed by atoms with Crippen LogP contribution in [0.5, 0.6) is 11.5 Å². The average molecular weight is 530 g/mol. The van der Waals surface area contributed by atoms with Gasteiger partial charge in [-0.15, -0.1) is 10.2 Å². The molecule has 0 bridgehead atoms. The van der Waals surface area contributed by atoms with Crippen molar-refractivity contribution >= 4 is 17.6 Å². The van der Waals surface area contributed by atoms with E-state index in [0.29, 0.717) is 42.4 Å². The average Bonchev–Trinajstić information content (AvgIpc) is 3.83. The molecule has 1 saturated carbocycles. The SMILES string of the molecule is COc1ccc(-c2ccc(N3CCCN(C(=O)CN(C(=O)c4ccccc4C)C4CC4)CC3)nn2)c(OC)c1. The standard InChI is InChI=1S/C30H35N5O4/c1-21-7-4-5-8-24(21)30(37)35(22-9-10-22)20-29(36)34-16-6-15-33(17-18-34)28-14-13-26(31-32-28)25-12-11-23(38-2)19-27(25)39-3/h4-5,7-8,11-14,19,22H,6,9-10,15-18,20H2,1-3H3. The van der Waals surface area contributed by atoms with Crippen molar-refractivity contribution in [2.24, 2.45) is 0 Å². The second-order valence-corrected chi connectivity index (χ2v) is 10.0. The van der Waals surface area contributed by atoms with Crippen molar-refractivity contribution in [1.82, 2.24) is 20.0 Å². The van der Waals surface area contributed by atoms with E-state index in [1.165, 1.54) is 0 Å². The van der Waals surface area contributed by atoms with E-state index in [4.69, 9.17) is 9.47 Å². The number of rotatable bonds is 8. The van der Waals surface area contributed by atoms with E-state index < -0.39 is 0 Å². The summed E-state index contributed by atoms with van der Waals surface area (Å²) < 4.78 is 10.8. The summed E-state index contributed by atoms with van der Waals surface area (Å²) in [5, 5.41) is 8.94. The molecule has 1 aliphatic carbocycles. The molecule has 1 aromatic heterocycles. The van der Waals surface area contributed by atoms with E-state index >= 15 is 0 Å². The molecule has 2 fully saturated rings. The summed E-state index contributed by atoms with van der Waals surface area (Å²) in [5.74, 6) is 2.10. The summed E-state index contributed by atoms with van der Waals surface area (Å²) in [7, 11) is 3.24. The lowest BCUT2D eigenvalue weighted by Crippen LogP contribution is -2.45. The van der Waals surface area contributed by atoms with Gasteiger partial charge in [0.15, 0.2) is 5.82 Å². The second-order valence-electron chi connectivity index (χ2n) is 10.0. The molecule has 2 aromatic carbocycles. The number of amides is 2. The fourth-order valence-corrected chi connectivity index (χ4v) is 5.01. The van der Waals surface area contributed by atoms with Gasteiger partial charge >= 0.3 is 0 Å². The molecule has 1 aliphatic heterocycles. The molecule has 204 valence electrons. The van der Waals surface area contributed by atoms with Gasteiger partial charge in [0.05, 0.1) is 19.9 Å². The van der Waals surface area contributed by atoms with Gasteiger partial charge in [-0.3, -0.25) is 9.59 Å². The van der Waals surface area contributed by atoms with Crippen molar-refractivity contribution in [3.05, 3.63) is 65.7 Å². The molecule has 9 nitrogen and oxygen atoms in total. The maximum absolute atomic E-state index is 13.3. The van der Waals surface area contributed by atoms with Crippen molar-refractivity contribution in [3.8, 4) is 22.8 Å². The minimum atomic E-state index is -0.0516. The number of carbonyl (C=O) groups excluding carboxylic acids is 2. The molecular weight excluding hydrogens is 494 g/mol. The van der Waals surface area contributed by atoms with Gasteiger partial charge < -0.3 is 24.2 Å². The van der Waals surface area contributed by atoms with Crippen LogP contribution in [0.25, 0.3) is 11.3 Å². The number of ether oxygens (including phenoxy) is 2. The Labute approximate surface area is 229 Å². The second kappa shape index (κ2) is 11.7. The third kappa shape index (κ3) is 5.97. The summed E-state index contributed by atoms with van der Waals surface area (Å²) in [6.45, 7) is 4.72. The minimum Gasteiger partial charge on any atom is -0.497 e. The number of methoxy groups -OCH3 is 2. The highest BCUT2D eigenvalue weighted by Gasteiger charge is 2.36. The summed E-state index contributed by atoms with van der Waals surface area (Å²) in [5.41, 5.74) is 3.16. The molecule has 0 spiro atoms. The molecule has 5 rings (SSSR count). The summed E-state index contributed by atoms with van der Waals surface area (Å²) in [6.07, 6.45) is 2.72. The fourth-order valence-electron chi connectivity index (χ4n) is 5.01. The lowest BCUT2D eigenvalue weighted by atomic mass is 10.1. The molecule has 9 heteroatoms. The highest BCUT2D eigenvalue weighted by Crippen LogP contribution is 2.32. The summed E-state index contributed by atoms with van der Waals surface area (Å²) >= 11 is 0. The van der Waals surface area contributed by atoms with E-state index in [1.54, 1.807) is 19.1 Å². The Morgan fingerprint density at radius 2 is 1.77 bits per heavy atom. The van der Waals surface area contributed by atoms with Gasteiger partial charge in [0.25, 0.3) is 5.91 Å². The minimum absolute atomic E-state index is 0.00119. The van der Waals surface area contributed by atoms with E-state index in [9.17, 15) is 9.59 Å². The Morgan fingerprint density at radius 3 is 2.46 bits per heavy atom. The number of carbonyl (C=O) groups is 2. The van der Waals surface area contributed by atoms with Crippen LogP contribution >= 0.6 is 0 Å². The smallest absolute Gasteiger partial charge is 0.254 e. The van der Waals surface area contributed by atoms with E-state index in [2.05, 4.69) is 15.1 Å². The van der Waals surface area contributed by atoms with Crippen molar-refractivity contribution in [2.75, 3.05) is 51.8 Å². The van der Waals surface area contributed by atoms with Crippen molar-refractivity contribution in [3.63, 3.8) is 0 Å². The predicted molar refractivity (Wildman–Crippen MR) is 149 cm³/mol. The first-order valence-corrected chi connectivity index (χ1v) is 13.4. The van der Waals surface area contributed by atoms with Gasteiger partial charge in [-0.25, -0.2) is 0 Å². The fraction of sp³-hybridized carbons (Fsp3) is 0.400. The lowest BCUT2D eigenvalue weighted by Gasteiger charge is -2.27. The molecule has 39 heavy (non-hydrogen) atoms. The maximum Gasteiger partial charge on any atom is 0.254 e. The first-order chi connectivity index (χ1) is 19.0. The molecule has 0 N–H and O–H groups in total. The number of aryl methyl sites for hydroxylation is 1. The van der Waals surface area contributed by atoms with Gasteiger partial charge in [0.2, 0.25) is 5.91 Å². The van der Waals surface area contributed by atoms with Crippen LogP contribution in [0.4, 0.5) is 5.82 Å². The molecule has 0 radical (unpaired) electrons. The summed E-state index contributed by atoms with van der Waals surface area (Å²) in [4.78, 5) is 32.4. The zero-order valence-corrected chi connectivity index (χ0v) is 22.8. The molecule has 0 atom stereocenters. The number of aromatic nitrogens is 2. The van der Waals surface area contributed by atoms with Crippen molar-refractivity contribution < 1.29 is 19.1 Å². The van der Waals surface area contributed by atoms with Gasteiger partial charge in [-0.05, 0) is 62.1 Å². The Balaban J connectivity index is 1.22. The largest absolute Gasteiger partial charge is 0.497 e. The number of hydrogen-bond acceptors (Lipinski definition) is 7. The van der Waals surface area contributed by atoms with Crippen LogP contribution in [0.3, 0.4) is 0 Å². The highest BCUT2D eigenvalue weighted by molar-refractivity contribution is 5.98. The van der Waals surface area contributed by atoms with Crippen molar-refractivity contribution in [2.45, 2.75) is 32.2 Å². The third-order valence-corrected chi connectivity index (χ3v) is 7.44. The van der Waals surface area contributed by atoms with Crippen LogP contribution in [0.1, 0.15) is 35.2 Å². The van der Waals surface area contributed by atoms with Crippen LogP contribution in [0, 0.1) is 6.92 Å². The van der Waals surface area contributed by atoms with E-state index in [0.717, 1.165) is 42.8 Å². The van der Waals surface area contributed by atoms with E-state index in [-0.39, 0.29) is 24.4 Å². The van der Waals surface area contributed by atoms with Crippen LogP contribution in [-0.4, -0.2) is 84.8 Å². The molecular formula is C30H35N5O4. The molecule has 3 aromatic rings. The highest BCUT2D eigenvalue weighted by atomic mass is 16.5. The Morgan fingerprint density at radius 1 is 0.949 bits per heavy atom. The maximum atomic E-state index is 13.3. The Bertz CT molecular complexity index is 1330. The number of nitrogens with zero attached hydrogens (tertiary/aromatic N) is 5. The molecule has 0 unspecified atom stereocenters. The molecule has 2 aliphatic rings. The monoisotopic (exact) mass is 529 g/mol. The number of benzene rings is 2. The van der Waals surface area contributed by atoms with E-state index in [1.807, 2.05) is 66.4 Å². The summed E-state index contributed by atoms with van der Waals surface area (Å²) in [6, 6.07) is 17.2. The van der Waals surface area contributed by atoms with Gasteiger partial charge in [0, 0.05) is 49.4 Å². The molecule has 2 heterocycles. The zero-order chi connectivity index (χ0) is 27.4. The van der Waals surface area contributed by atoms with Crippen LogP contribution < -0.4 is 14.4 Å². The number of hydrogen-bond donors (Lipinski definition) is 0. The zero-order valence-electron chi connectivity index (χ0n) is 22.8. The Kier molecular flexibility index (Phi) is 7.95. The molecule has 2 amide bonds. The van der Waals surface area contributed by atoms with Gasteiger partial charge in [-0.1, -0.05) is 18.2 Å².